The van der Waals surface area contributed by atoms with E-state index in [9.17, 15) is 4.79 Å². The standard InChI is InChI=1S/C12H21NO2/c1-12(2,3)15-11(14)9-7-8(9)10-5-4-6-13-10/h8-10,13H,4-7H2,1-3H3. The smallest absolute Gasteiger partial charge is 0.309 e. The van der Waals surface area contributed by atoms with Crippen LogP contribution in [-0.4, -0.2) is 24.2 Å². The molecule has 0 aromatic rings. The van der Waals surface area contributed by atoms with Crippen LogP contribution < -0.4 is 5.32 Å². The molecule has 0 amide bonds. The van der Waals surface area contributed by atoms with Gasteiger partial charge in [-0.15, -0.1) is 0 Å². The molecule has 2 rings (SSSR count). The fourth-order valence-corrected chi connectivity index (χ4v) is 2.38. The van der Waals surface area contributed by atoms with Crippen molar-refractivity contribution in [2.45, 2.75) is 51.7 Å². The van der Waals surface area contributed by atoms with Crippen molar-refractivity contribution in [1.82, 2.24) is 5.32 Å². The maximum Gasteiger partial charge on any atom is 0.309 e. The zero-order valence-electron chi connectivity index (χ0n) is 9.88. The van der Waals surface area contributed by atoms with Crippen LogP contribution in [0.15, 0.2) is 0 Å². The first kappa shape index (κ1) is 10.9. The fraction of sp³-hybridized carbons (Fsp3) is 0.917. The van der Waals surface area contributed by atoms with E-state index in [1.807, 2.05) is 20.8 Å². The van der Waals surface area contributed by atoms with Crippen LogP contribution in [0.25, 0.3) is 0 Å². The molecule has 2 fully saturated rings. The molecule has 3 atom stereocenters. The molecule has 15 heavy (non-hydrogen) atoms. The van der Waals surface area contributed by atoms with Gasteiger partial charge in [0.1, 0.15) is 5.60 Å². The number of carbonyl (C=O) groups excluding carboxylic acids is 1. The molecule has 0 bridgehead atoms. The second-order valence-corrected chi connectivity index (χ2v) is 5.74. The maximum atomic E-state index is 11.7. The van der Waals surface area contributed by atoms with Gasteiger partial charge in [0, 0.05) is 6.04 Å². The van der Waals surface area contributed by atoms with E-state index in [1.165, 1.54) is 12.8 Å². The molecule has 0 radical (unpaired) electrons. The van der Waals surface area contributed by atoms with Crippen LogP contribution in [0, 0.1) is 11.8 Å². The lowest BCUT2D eigenvalue weighted by atomic mass is 10.1. The third-order valence-electron chi connectivity index (χ3n) is 3.16. The van der Waals surface area contributed by atoms with Crippen LogP contribution in [0.5, 0.6) is 0 Å². The van der Waals surface area contributed by atoms with Crippen molar-refractivity contribution < 1.29 is 9.53 Å². The van der Waals surface area contributed by atoms with Crippen molar-refractivity contribution >= 4 is 5.97 Å². The average molecular weight is 211 g/mol. The average Bonchev–Trinajstić information content (AvgIpc) is 2.71. The van der Waals surface area contributed by atoms with Crippen molar-refractivity contribution in [2.24, 2.45) is 11.8 Å². The number of rotatable bonds is 2. The Hall–Kier alpha value is -0.570. The van der Waals surface area contributed by atoms with Gasteiger partial charge in [0.15, 0.2) is 0 Å². The van der Waals surface area contributed by atoms with Crippen molar-refractivity contribution in [2.75, 3.05) is 6.54 Å². The molecule has 0 aromatic carbocycles. The van der Waals surface area contributed by atoms with Gasteiger partial charge in [-0.1, -0.05) is 0 Å². The summed E-state index contributed by atoms with van der Waals surface area (Å²) < 4.78 is 5.38. The summed E-state index contributed by atoms with van der Waals surface area (Å²) in [7, 11) is 0. The Morgan fingerprint density at radius 2 is 2.13 bits per heavy atom. The molecule has 1 aliphatic heterocycles. The summed E-state index contributed by atoms with van der Waals surface area (Å²) in [6.45, 7) is 6.89. The van der Waals surface area contributed by atoms with Crippen molar-refractivity contribution in [3.05, 3.63) is 0 Å². The molecule has 1 heterocycles. The van der Waals surface area contributed by atoms with Crippen LogP contribution >= 0.6 is 0 Å². The lowest BCUT2D eigenvalue weighted by Gasteiger charge is -2.20. The Kier molecular flexibility index (Phi) is 2.75. The predicted octanol–water partition coefficient (Wildman–Crippen LogP) is 1.72. The van der Waals surface area contributed by atoms with Gasteiger partial charge in [-0.3, -0.25) is 4.79 Å². The monoisotopic (exact) mass is 211 g/mol. The van der Waals surface area contributed by atoms with Crippen molar-refractivity contribution in [3.8, 4) is 0 Å². The quantitative estimate of drug-likeness (QED) is 0.707. The highest BCUT2D eigenvalue weighted by Gasteiger charge is 2.49. The van der Waals surface area contributed by atoms with E-state index >= 15 is 0 Å². The molecule has 3 unspecified atom stereocenters. The van der Waals surface area contributed by atoms with Crippen LogP contribution in [0.2, 0.25) is 0 Å². The summed E-state index contributed by atoms with van der Waals surface area (Å²) >= 11 is 0. The summed E-state index contributed by atoms with van der Waals surface area (Å²) in [4.78, 5) is 11.7. The Bertz CT molecular complexity index is 251. The normalized spacial score (nSPS) is 35.3. The van der Waals surface area contributed by atoms with E-state index in [0.29, 0.717) is 12.0 Å². The number of hydrogen-bond acceptors (Lipinski definition) is 3. The minimum atomic E-state index is -0.340. The Balaban J connectivity index is 1.80. The Labute approximate surface area is 91.6 Å². The molecule has 0 spiro atoms. The molecule has 0 aromatic heterocycles. The molecule has 1 saturated carbocycles. The molecule has 3 heteroatoms. The number of hydrogen-bond donors (Lipinski definition) is 1. The van der Waals surface area contributed by atoms with Crippen LogP contribution in [0.4, 0.5) is 0 Å². The fourth-order valence-electron chi connectivity index (χ4n) is 2.38. The highest BCUT2D eigenvalue weighted by molar-refractivity contribution is 5.76. The second kappa shape index (κ2) is 3.78. The summed E-state index contributed by atoms with van der Waals surface area (Å²) in [5, 5.41) is 3.46. The highest BCUT2D eigenvalue weighted by atomic mass is 16.6. The van der Waals surface area contributed by atoms with Crippen LogP contribution in [-0.2, 0) is 9.53 Å². The largest absolute Gasteiger partial charge is 0.460 e. The summed E-state index contributed by atoms with van der Waals surface area (Å²) in [5.41, 5.74) is -0.340. The first-order valence-electron chi connectivity index (χ1n) is 5.93. The molecule has 1 N–H and O–H groups in total. The zero-order valence-corrected chi connectivity index (χ0v) is 9.88. The van der Waals surface area contributed by atoms with E-state index in [0.717, 1.165) is 13.0 Å². The molecule has 1 saturated heterocycles. The van der Waals surface area contributed by atoms with Crippen LogP contribution in [0.1, 0.15) is 40.0 Å². The van der Waals surface area contributed by atoms with E-state index < -0.39 is 0 Å². The SMILES string of the molecule is CC(C)(C)OC(=O)C1CC1C1CCCN1. The number of ether oxygens (including phenoxy) is 1. The summed E-state index contributed by atoms with van der Waals surface area (Å²) in [5.74, 6) is 0.711. The van der Waals surface area contributed by atoms with Gasteiger partial charge in [0.25, 0.3) is 0 Å². The van der Waals surface area contributed by atoms with Gasteiger partial charge in [-0.05, 0) is 52.5 Å². The first-order valence-corrected chi connectivity index (χ1v) is 5.93. The minimum Gasteiger partial charge on any atom is -0.460 e. The maximum absolute atomic E-state index is 11.7. The van der Waals surface area contributed by atoms with E-state index in [4.69, 9.17) is 4.74 Å². The van der Waals surface area contributed by atoms with Crippen molar-refractivity contribution in [3.63, 3.8) is 0 Å². The molecule has 86 valence electrons. The molecule has 3 nitrogen and oxygen atoms in total. The molecule has 2 aliphatic rings. The molecular weight excluding hydrogens is 190 g/mol. The first-order chi connectivity index (χ1) is 6.97. The van der Waals surface area contributed by atoms with Gasteiger partial charge in [-0.2, -0.15) is 0 Å². The summed E-state index contributed by atoms with van der Waals surface area (Å²) in [6.07, 6.45) is 3.50. The van der Waals surface area contributed by atoms with E-state index in [1.54, 1.807) is 0 Å². The molecule has 1 aliphatic carbocycles. The second-order valence-electron chi connectivity index (χ2n) is 5.74. The Morgan fingerprint density at radius 3 is 2.67 bits per heavy atom. The Morgan fingerprint density at radius 1 is 1.40 bits per heavy atom. The lowest BCUT2D eigenvalue weighted by Crippen LogP contribution is -2.28. The van der Waals surface area contributed by atoms with E-state index in [2.05, 4.69) is 5.32 Å². The van der Waals surface area contributed by atoms with Crippen molar-refractivity contribution in [1.29, 1.82) is 0 Å². The van der Waals surface area contributed by atoms with Gasteiger partial charge in [-0.25, -0.2) is 0 Å². The van der Waals surface area contributed by atoms with E-state index in [-0.39, 0.29) is 17.5 Å². The van der Waals surface area contributed by atoms with Gasteiger partial charge in [0.05, 0.1) is 5.92 Å². The minimum absolute atomic E-state index is 0.00111. The number of nitrogens with one attached hydrogen (secondary N) is 1. The number of carbonyl (C=O) groups is 1. The van der Waals surface area contributed by atoms with Gasteiger partial charge in [0.2, 0.25) is 0 Å². The zero-order chi connectivity index (χ0) is 11.1. The third kappa shape index (κ3) is 2.71. The topological polar surface area (TPSA) is 38.3 Å². The predicted molar refractivity (Wildman–Crippen MR) is 58.5 cm³/mol. The lowest BCUT2D eigenvalue weighted by molar-refractivity contribution is -0.156. The van der Waals surface area contributed by atoms with Crippen LogP contribution in [0.3, 0.4) is 0 Å². The summed E-state index contributed by atoms with van der Waals surface area (Å²) in [6, 6.07) is 0.572. The third-order valence-corrected chi connectivity index (χ3v) is 3.16. The van der Waals surface area contributed by atoms with Gasteiger partial charge >= 0.3 is 5.97 Å². The highest BCUT2D eigenvalue weighted by Crippen LogP contribution is 2.44. The number of esters is 1. The van der Waals surface area contributed by atoms with Gasteiger partial charge < -0.3 is 10.1 Å². The molecular formula is C12H21NO2.